The van der Waals surface area contributed by atoms with Crippen LogP contribution in [0.25, 0.3) is 0 Å². The van der Waals surface area contributed by atoms with Crippen molar-refractivity contribution in [2.45, 2.75) is 64.8 Å². The molecule has 0 aromatic carbocycles. The molecular weight excluding hydrogens is 224 g/mol. The van der Waals surface area contributed by atoms with E-state index in [9.17, 15) is 4.79 Å². The lowest BCUT2D eigenvalue weighted by atomic mass is 9.79. The maximum absolute atomic E-state index is 12.1. The van der Waals surface area contributed by atoms with Gasteiger partial charge < -0.3 is 10.6 Å². The zero-order chi connectivity index (χ0) is 13.0. The van der Waals surface area contributed by atoms with Gasteiger partial charge in [0.2, 0.25) is 5.91 Å². The lowest BCUT2D eigenvalue weighted by Crippen LogP contribution is -2.54. The summed E-state index contributed by atoms with van der Waals surface area (Å²) in [5.41, 5.74) is 0.181. The monoisotopic (exact) mass is 252 g/mol. The van der Waals surface area contributed by atoms with Crippen molar-refractivity contribution < 1.29 is 4.79 Å². The maximum Gasteiger partial charge on any atom is 0.220 e. The van der Waals surface area contributed by atoms with Gasteiger partial charge in [0, 0.05) is 19.0 Å². The lowest BCUT2D eigenvalue weighted by molar-refractivity contribution is -0.124. The molecule has 2 aliphatic rings. The van der Waals surface area contributed by atoms with E-state index in [0.717, 1.165) is 25.9 Å². The highest BCUT2D eigenvalue weighted by Gasteiger charge is 2.33. The quantitative estimate of drug-likeness (QED) is 0.810. The molecule has 1 saturated heterocycles. The van der Waals surface area contributed by atoms with Crippen LogP contribution in [0.3, 0.4) is 0 Å². The Hall–Kier alpha value is -0.570. The van der Waals surface area contributed by atoms with Crippen molar-refractivity contribution >= 4 is 5.91 Å². The molecule has 1 heterocycles. The minimum atomic E-state index is 0.181. The van der Waals surface area contributed by atoms with E-state index < -0.39 is 0 Å². The van der Waals surface area contributed by atoms with Crippen LogP contribution in [0.4, 0.5) is 0 Å². The first-order chi connectivity index (χ1) is 8.58. The molecule has 2 fully saturated rings. The first-order valence-electron chi connectivity index (χ1n) is 7.58. The summed E-state index contributed by atoms with van der Waals surface area (Å²) in [4.78, 5) is 12.1. The Balaban J connectivity index is 1.79. The Morgan fingerprint density at radius 1 is 1.22 bits per heavy atom. The first kappa shape index (κ1) is 13.9. The van der Waals surface area contributed by atoms with Crippen molar-refractivity contribution in [1.82, 2.24) is 10.6 Å². The molecule has 18 heavy (non-hydrogen) atoms. The van der Waals surface area contributed by atoms with Crippen molar-refractivity contribution in [3.63, 3.8) is 0 Å². The minimum absolute atomic E-state index is 0.181. The minimum Gasteiger partial charge on any atom is -0.353 e. The fourth-order valence-electron chi connectivity index (χ4n) is 3.35. The molecule has 0 aromatic rings. The standard InChI is InChI=1S/C15H28N2O/c1-15(2)11-16-9-8-13(15)17-14(18)10-12-6-4-3-5-7-12/h12-13,16H,3-11H2,1-2H3,(H,17,18). The predicted octanol–water partition coefficient (Wildman–Crippen LogP) is 2.46. The third-order valence-corrected chi connectivity index (χ3v) is 4.67. The van der Waals surface area contributed by atoms with Gasteiger partial charge in [0.15, 0.2) is 0 Å². The molecule has 1 atom stereocenters. The number of amides is 1. The first-order valence-corrected chi connectivity index (χ1v) is 7.58. The summed E-state index contributed by atoms with van der Waals surface area (Å²) in [6.45, 7) is 6.51. The number of piperidine rings is 1. The van der Waals surface area contributed by atoms with E-state index in [0.29, 0.717) is 12.0 Å². The average Bonchev–Trinajstić information content (AvgIpc) is 2.33. The van der Waals surface area contributed by atoms with Crippen molar-refractivity contribution in [2.75, 3.05) is 13.1 Å². The van der Waals surface area contributed by atoms with Gasteiger partial charge in [-0.05, 0) is 37.1 Å². The van der Waals surface area contributed by atoms with Crippen LogP contribution in [0.5, 0.6) is 0 Å². The smallest absolute Gasteiger partial charge is 0.220 e. The van der Waals surface area contributed by atoms with Crippen LogP contribution in [0.2, 0.25) is 0 Å². The van der Waals surface area contributed by atoms with Crippen LogP contribution in [0, 0.1) is 11.3 Å². The van der Waals surface area contributed by atoms with E-state index in [1.807, 2.05) is 0 Å². The number of hydrogen-bond donors (Lipinski definition) is 2. The van der Waals surface area contributed by atoms with Crippen LogP contribution in [-0.4, -0.2) is 25.0 Å². The topological polar surface area (TPSA) is 41.1 Å². The predicted molar refractivity (Wildman–Crippen MR) is 74.4 cm³/mol. The fraction of sp³-hybridized carbons (Fsp3) is 0.933. The molecule has 1 aliphatic carbocycles. The zero-order valence-electron chi connectivity index (χ0n) is 11.9. The molecule has 1 amide bonds. The van der Waals surface area contributed by atoms with E-state index in [2.05, 4.69) is 24.5 Å². The van der Waals surface area contributed by atoms with Crippen LogP contribution in [0.1, 0.15) is 58.8 Å². The van der Waals surface area contributed by atoms with E-state index in [-0.39, 0.29) is 11.3 Å². The lowest BCUT2D eigenvalue weighted by Gasteiger charge is -2.39. The summed E-state index contributed by atoms with van der Waals surface area (Å²) in [7, 11) is 0. The highest BCUT2D eigenvalue weighted by atomic mass is 16.1. The summed E-state index contributed by atoms with van der Waals surface area (Å²) in [5, 5.41) is 6.69. The second kappa shape index (κ2) is 6.05. The zero-order valence-corrected chi connectivity index (χ0v) is 11.9. The van der Waals surface area contributed by atoms with Crippen molar-refractivity contribution in [3.05, 3.63) is 0 Å². The number of hydrogen-bond acceptors (Lipinski definition) is 2. The summed E-state index contributed by atoms with van der Waals surface area (Å²) in [6, 6.07) is 0.342. The Labute approximate surface area is 111 Å². The molecule has 0 bridgehead atoms. The van der Waals surface area contributed by atoms with Gasteiger partial charge in [-0.1, -0.05) is 33.1 Å². The van der Waals surface area contributed by atoms with Crippen LogP contribution < -0.4 is 10.6 Å². The SMILES string of the molecule is CC1(C)CNCCC1NC(=O)CC1CCCCC1. The molecule has 3 heteroatoms. The van der Waals surface area contributed by atoms with Crippen LogP contribution >= 0.6 is 0 Å². The van der Waals surface area contributed by atoms with Gasteiger partial charge in [0.1, 0.15) is 0 Å². The average molecular weight is 252 g/mol. The Morgan fingerprint density at radius 2 is 1.94 bits per heavy atom. The fourth-order valence-corrected chi connectivity index (χ4v) is 3.35. The van der Waals surface area contributed by atoms with Gasteiger partial charge >= 0.3 is 0 Å². The Morgan fingerprint density at radius 3 is 2.61 bits per heavy atom. The molecule has 3 nitrogen and oxygen atoms in total. The third kappa shape index (κ3) is 3.71. The van der Waals surface area contributed by atoms with Gasteiger partial charge in [0.05, 0.1) is 0 Å². The molecule has 104 valence electrons. The summed E-state index contributed by atoms with van der Waals surface area (Å²) >= 11 is 0. The molecule has 2 N–H and O–H groups in total. The molecule has 2 rings (SSSR count). The summed E-state index contributed by atoms with van der Waals surface area (Å²) in [6.07, 6.45) is 8.31. The normalized spacial score (nSPS) is 28.9. The van der Waals surface area contributed by atoms with Gasteiger partial charge in [0.25, 0.3) is 0 Å². The van der Waals surface area contributed by atoms with Gasteiger partial charge in [-0.25, -0.2) is 0 Å². The van der Waals surface area contributed by atoms with Crippen molar-refractivity contribution in [3.8, 4) is 0 Å². The molecule has 1 unspecified atom stereocenters. The molecule has 0 radical (unpaired) electrons. The molecule has 0 spiro atoms. The third-order valence-electron chi connectivity index (χ3n) is 4.67. The van der Waals surface area contributed by atoms with Gasteiger partial charge in [-0.2, -0.15) is 0 Å². The van der Waals surface area contributed by atoms with E-state index in [1.54, 1.807) is 0 Å². The second-order valence-corrected chi connectivity index (χ2v) is 6.78. The summed E-state index contributed by atoms with van der Waals surface area (Å²) in [5.74, 6) is 0.922. The Kier molecular flexibility index (Phi) is 4.66. The highest BCUT2D eigenvalue weighted by Crippen LogP contribution is 2.28. The van der Waals surface area contributed by atoms with Gasteiger partial charge in [-0.15, -0.1) is 0 Å². The summed E-state index contributed by atoms with van der Waals surface area (Å²) < 4.78 is 0. The van der Waals surface area contributed by atoms with E-state index in [1.165, 1.54) is 32.1 Å². The van der Waals surface area contributed by atoms with Gasteiger partial charge in [-0.3, -0.25) is 4.79 Å². The maximum atomic E-state index is 12.1. The van der Waals surface area contributed by atoms with Crippen molar-refractivity contribution in [1.29, 1.82) is 0 Å². The number of rotatable bonds is 3. The highest BCUT2D eigenvalue weighted by molar-refractivity contribution is 5.76. The molecule has 1 aliphatic heterocycles. The molecular formula is C15H28N2O. The largest absolute Gasteiger partial charge is 0.353 e. The second-order valence-electron chi connectivity index (χ2n) is 6.78. The van der Waals surface area contributed by atoms with Crippen LogP contribution in [0.15, 0.2) is 0 Å². The number of carbonyl (C=O) groups is 1. The van der Waals surface area contributed by atoms with Crippen molar-refractivity contribution in [2.24, 2.45) is 11.3 Å². The Bertz CT molecular complexity index is 282. The van der Waals surface area contributed by atoms with Crippen LogP contribution in [-0.2, 0) is 4.79 Å². The number of carbonyl (C=O) groups excluding carboxylic acids is 1. The molecule has 1 saturated carbocycles. The molecule has 0 aromatic heterocycles. The number of nitrogens with one attached hydrogen (secondary N) is 2. The van der Waals surface area contributed by atoms with E-state index in [4.69, 9.17) is 0 Å². The van der Waals surface area contributed by atoms with E-state index >= 15 is 0 Å².